The fourth-order valence-corrected chi connectivity index (χ4v) is 3.76. The van der Waals surface area contributed by atoms with Crippen LogP contribution in [0.4, 0.5) is 35.0 Å². The molecule has 3 heterocycles. The van der Waals surface area contributed by atoms with Crippen LogP contribution in [-0.2, 0) is 12.6 Å². The number of pyridine rings is 1. The minimum Gasteiger partial charge on any atom is -0.370 e. The molecule has 3 N–H and O–H groups in total. The first-order valence-electron chi connectivity index (χ1n) is 10.3. The van der Waals surface area contributed by atoms with E-state index in [0.29, 0.717) is 35.9 Å². The van der Waals surface area contributed by atoms with Gasteiger partial charge in [-0.15, -0.1) is 0 Å². The molecule has 0 saturated carbocycles. The van der Waals surface area contributed by atoms with Gasteiger partial charge in [0.05, 0.1) is 11.1 Å². The van der Waals surface area contributed by atoms with Gasteiger partial charge in [0.2, 0.25) is 0 Å². The Morgan fingerprint density at radius 3 is 2.42 bits per heavy atom. The van der Waals surface area contributed by atoms with E-state index in [2.05, 4.69) is 30.6 Å². The van der Waals surface area contributed by atoms with Crippen molar-refractivity contribution in [1.29, 1.82) is 0 Å². The molecule has 4 aromatic rings. The van der Waals surface area contributed by atoms with Crippen molar-refractivity contribution in [3.8, 4) is 0 Å². The Morgan fingerprint density at radius 1 is 0.970 bits per heavy atom. The van der Waals surface area contributed by atoms with Crippen molar-refractivity contribution in [2.24, 2.45) is 0 Å². The minimum atomic E-state index is -4.44. The van der Waals surface area contributed by atoms with Gasteiger partial charge in [0.1, 0.15) is 29.1 Å². The number of rotatable bonds is 6. The van der Waals surface area contributed by atoms with Gasteiger partial charge in [-0.3, -0.25) is 0 Å². The van der Waals surface area contributed by atoms with E-state index in [1.807, 2.05) is 13.8 Å². The van der Waals surface area contributed by atoms with Crippen LogP contribution in [0.25, 0.3) is 10.9 Å². The topological polar surface area (TPSA) is 78.5 Å². The highest BCUT2D eigenvalue weighted by Gasteiger charge is 2.30. The number of H-pyrrole nitrogens is 1. The van der Waals surface area contributed by atoms with Crippen LogP contribution in [0.5, 0.6) is 0 Å². The number of hydrogen-bond donors (Lipinski definition) is 3. The first-order valence-corrected chi connectivity index (χ1v) is 10.3. The molecule has 0 fully saturated rings. The fourth-order valence-electron chi connectivity index (χ4n) is 3.76. The van der Waals surface area contributed by atoms with E-state index in [1.165, 1.54) is 12.1 Å². The third-order valence-electron chi connectivity index (χ3n) is 5.30. The van der Waals surface area contributed by atoms with Crippen molar-refractivity contribution in [2.45, 2.75) is 33.4 Å². The average molecular weight is 458 g/mol. The fraction of sp³-hybridized carbons (Fsp3) is 0.261. The summed E-state index contributed by atoms with van der Waals surface area (Å²) in [5, 5.41) is 7.03. The van der Waals surface area contributed by atoms with Crippen LogP contribution in [-0.4, -0.2) is 26.5 Å². The van der Waals surface area contributed by atoms with Gasteiger partial charge < -0.3 is 15.6 Å². The van der Waals surface area contributed by atoms with E-state index in [4.69, 9.17) is 0 Å². The van der Waals surface area contributed by atoms with Crippen LogP contribution in [0.1, 0.15) is 28.2 Å². The molecule has 0 unspecified atom stereocenters. The predicted molar refractivity (Wildman–Crippen MR) is 119 cm³/mol. The van der Waals surface area contributed by atoms with Gasteiger partial charge in [-0.25, -0.2) is 19.3 Å². The Balaban J connectivity index is 1.47. The molecule has 0 radical (unpaired) electrons. The highest BCUT2D eigenvalue weighted by atomic mass is 19.4. The summed E-state index contributed by atoms with van der Waals surface area (Å²) in [6, 6.07) is 7.08. The first-order chi connectivity index (χ1) is 15.6. The van der Waals surface area contributed by atoms with Gasteiger partial charge in [0.15, 0.2) is 0 Å². The van der Waals surface area contributed by atoms with Crippen LogP contribution in [0.2, 0.25) is 0 Å². The second-order valence-corrected chi connectivity index (χ2v) is 7.76. The highest BCUT2D eigenvalue weighted by molar-refractivity contribution is 5.88. The molecule has 6 nitrogen and oxygen atoms in total. The monoisotopic (exact) mass is 458 g/mol. The number of fused-ring (bicyclic) bond motifs is 1. The summed E-state index contributed by atoms with van der Waals surface area (Å²) in [5.74, 6) is 1.39. The number of aryl methyl sites for hydroxylation is 3. The number of hydrogen-bond acceptors (Lipinski definition) is 5. The number of aromatic amines is 1. The van der Waals surface area contributed by atoms with Gasteiger partial charge in [-0.05, 0) is 56.5 Å². The molecule has 0 aliphatic carbocycles. The maximum absolute atomic E-state index is 14.2. The van der Waals surface area contributed by atoms with Crippen LogP contribution in [0.3, 0.4) is 0 Å². The smallest absolute Gasteiger partial charge is 0.370 e. The van der Waals surface area contributed by atoms with Crippen molar-refractivity contribution < 1.29 is 17.6 Å². The van der Waals surface area contributed by atoms with Gasteiger partial charge in [-0.2, -0.15) is 13.2 Å². The molecule has 0 saturated heterocycles. The van der Waals surface area contributed by atoms with Crippen molar-refractivity contribution in [3.63, 3.8) is 0 Å². The Bertz CT molecular complexity index is 1300. The zero-order valence-corrected chi connectivity index (χ0v) is 18.2. The second kappa shape index (κ2) is 8.68. The molecule has 0 aliphatic heterocycles. The van der Waals surface area contributed by atoms with E-state index in [9.17, 15) is 17.6 Å². The van der Waals surface area contributed by atoms with E-state index in [0.717, 1.165) is 34.5 Å². The third-order valence-corrected chi connectivity index (χ3v) is 5.30. The molecule has 3 aromatic heterocycles. The molecule has 10 heteroatoms. The van der Waals surface area contributed by atoms with E-state index in [1.54, 1.807) is 19.1 Å². The standard InChI is InChI=1S/C23H22F4N6/c1-12-4-6-17(24)22-21(12)16(13(2)30-22)8-9-28-19-10-20(32-14(3)31-19)33-18-7-5-15(11-29-18)23(25,26)27/h4-7,10-11,30H,8-9H2,1-3H3,(H2,28,29,31,32,33). The molecule has 172 valence electrons. The molecular formula is C23H22F4N6. The molecule has 0 spiro atoms. The quantitative estimate of drug-likeness (QED) is 0.317. The summed E-state index contributed by atoms with van der Waals surface area (Å²) in [6.45, 7) is 6.12. The number of aromatic nitrogens is 4. The third kappa shape index (κ3) is 4.89. The van der Waals surface area contributed by atoms with Gasteiger partial charge >= 0.3 is 6.18 Å². The summed E-state index contributed by atoms with van der Waals surface area (Å²) < 4.78 is 52.3. The summed E-state index contributed by atoms with van der Waals surface area (Å²) in [4.78, 5) is 15.6. The van der Waals surface area contributed by atoms with Crippen LogP contribution < -0.4 is 10.6 Å². The summed E-state index contributed by atoms with van der Waals surface area (Å²) in [6.07, 6.45) is -3.03. The zero-order chi connectivity index (χ0) is 23.8. The lowest BCUT2D eigenvalue weighted by atomic mass is 10.0. The van der Waals surface area contributed by atoms with E-state index < -0.39 is 11.7 Å². The molecule has 1 aromatic carbocycles. The Kier molecular flexibility index (Phi) is 5.92. The van der Waals surface area contributed by atoms with Crippen molar-refractivity contribution in [3.05, 3.63) is 70.6 Å². The maximum Gasteiger partial charge on any atom is 0.417 e. The number of halogens is 4. The summed E-state index contributed by atoms with van der Waals surface area (Å²) in [7, 11) is 0. The molecular weight excluding hydrogens is 436 g/mol. The first kappa shape index (κ1) is 22.5. The lowest BCUT2D eigenvalue weighted by Gasteiger charge is -2.11. The minimum absolute atomic E-state index is 0.235. The number of alkyl halides is 3. The van der Waals surface area contributed by atoms with Crippen LogP contribution in [0.15, 0.2) is 36.5 Å². The van der Waals surface area contributed by atoms with Gasteiger partial charge in [-0.1, -0.05) is 6.07 Å². The summed E-state index contributed by atoms with van der Waals surface area (Å²) >= 11 is 0. The zero-order valence-electron chi connectivity index (χ0n) is 18.2. The molecule has 33 heavy (non-hydrogen) atoms. The predicted octanol–water partition coefficient (Wildman–Crippen LogP) is 5.83. The molecule has 4 rings (SSSR count). The number of nitrogens with zero attached hydrogens (tertiary/aromatic N) is 3. The average Bonchev–Trinajstić information content (AvgIpc) is 3.08. The van der Waals surface area contributed by atoms with E-state index >= 15 is 0 Å². The number of benzene rings is 1. The normalized spacial score (nSPS) is 11.7. The van der Waals surface area contributed by atoms with E-state index in [-0.39, 0.29) is 11.6 Å². The highest BCUT2D eigenvalue weighted by Crippen LogP contribution is 2.30. The summed E-state index contributed by atoms with van der Waals surface area (Å²) in [5.41, 5.74) is 2.63. The number of nitrogens with one attached hydrogen (secondary N) is 3. The Hall–Kier alpha value is -3.69. The molecule has 0 bridgehead atoms. The van der Waals surface area contributed by atoms with Crippen molar-refractivity contribution >= 4 is 28.4 Å². The Morgan fingerprint density at radius 2 is 1.73 bits per heavy atom. The SMILES string of the molecule is Cc1nc(NCCc2c(C)[nH]c3c(F)ccc(C)c23)cc(Nc2ccc(C(F)(F)F)cn2)n1. The molecule has 0 aliphatic rings. The lowest BCUT2D eigenvalue weighted by Crippen LogP contribution is -2.09. The van der Waals surface area contributed by atoms with Crippen LogP contribution >= 0.6 is 0 Å². The van der Waals surface area contributed by atoms with Crippen LogP contribution in [0, 0.1) is 26.6 Å². The molecule has 0 atom stereocenters. The lowest BCUT2D eigenvalue weighted by molar-refractivity contribution is -0.137. The molecule has 0 amide bonds. The van der Waals surface area contributed by atoms with Crippen molar-refractivity contribution in [1.82, 2.24) is 19.9 Å². The largest absolute Gasteiger partial charge is 0.417 e. The number of anilines is 3. The van der Waals surface area contributed by atoms with Gasteiger partial charge in [0.25, 0.3) is 0 Å². The Labute approximate surface area is 187 Å². The van der Waals surface area contributed by atoms with Crippen molar-refractivity contribution in [2.75, 3.05) is 17.2 Å². The maximum atomic E-state index is 14.2. The second-order valence-electron chi connectivity index (χ2n) is 7.76. The van der Waals surface area contributed by atoms with Gasteiger partial charge in [0, 0.05) is 29.9 Å².